The molecular weight excluding hydrogens is 378 g/mol. The summed E-state index contributed by atoms with van der Waals surface area (Å²) in [5, 5.41) is 15.4. The SMILES string of the molecule is CC1(C)CC(=O)C2=C(C1)Nc1nnnn1C2c1ccccc1OCc1ccccc1. The molecule has 152 valence electrons. The van der Waals surface area contributed by atoms with Gasteiger partial charge in [0.2, 0.25) is 5.95 Å². The van der Waals surface area contributed by atoms with E-state index in [0.717, 1.165) is 34.6 Å². The van der Waals surface area contributed by atoms with E-state index in [0.29, 0.717) is 19.0 Å². The number of para-hydroxylation sites is 1. The smallest absolute Gasteiger partial charge is 0.248 e. The summed E-state index contributed by atoms with van der Waals surface area (Å²) >= 11 is 0. The molecule has 0 saturated heterocycles. The highest BCUT2D eigenvalue weighted by atomic mass is 16.5. The lowest BCUT2D eigenvalue weighted by atomic mass is 9.73. The van der Waals surface area contributed by atoms with Gasteiger partial charge < -0.3 is 10.1 Å². The molecule has 3 aromatic rings. The van der Waals surface area contributed by atoms with Gasteiger partial charge in [0.15, 0.2) is 5.78 Å². The van der Waals surface area contributed by atoms with Crippen LogP contribution in [0.15, 0.2) is 65.9 Å². The lowest BCUT2D eigenvalue weighted by Gasteiger charge is -2.38. The Morgan fingerprint density at radius 2 is 1.87 bits per heavy atom. The number of anilines is 1. The average molecular weight is 401 g/mol. The monoisotopic (exact) mass is 401 g/mol. The molecule has 2 aromatic carbocycles. The fraction of sp³-hybridized carbons (Fsp3) is 0.304. The van der Waals surface area contributed by atoms with E-state index in [2.05, 4.69) is 34.7 Å². The number of ketones is 1. The van der Waals surface area contributed by atoms with Crippen LogP contribution in [0.1, 0.15) is 43.9 Å². The van der Waals surface area contributed by atoms with E-state index >= 15 is 0 Å². The van der Waals surface area contributed by atoms with Gasteiger partial charge in [-0.05, 0) is 33.9 Å². The minimum absolute atomic E-state index is 0.105. The van der Waals surface area contributed by atoms with Gasteiger partial charge in [-0.1, -0.05) is 67.5 Å². The maximum Gasteiger partial charge on any atom is 0.248 e. The third-order valence-electron chi connectivity index (χ3n) is 5.64. The maximum atomic E-state index is 13.2. The summed E-state index contributed by atoms with van der Waals surface area (Å²) < 4.78 is 7.87. The number of allylic oxidation sites excluding steroid dienone is 2. The van der Waals surface area contributed by atoms with Crippen molar-refractivity contribution < 1.29 is 9.53 Å². The minimum atomic E-state index is -0.415. The Morgan fingerprint density at radius 1 is 1.10 bits per heavy atom. The summed E-state index contributed by atoms with van der Waals surface area (Å²) in [5.41, 5.74) is 3.48. The van der Waals surface area contributed by atoms with Crippen molar-refractivity contribution in [2.45, 2.75) is 39.3 Å². The number of nitrogens with zero attached hydrogens (tertiary/aromatic N) is 4. The molecule has 0 bridgehead atoms. The van der Waals surface area contributed by atoms with Crippen LogP contribution in [0.3, 0.4) is 0 Å². The predicted octanol–water partition coefficient (Wildman–Crippen LogP) is 3.91. The van der Waals surface area contributed by atoms with Crippen molar-refractivity contribution in [2.75, 3.05) is 5.32 Å². The molecule has 0 fully saturated rings. The molecule has 7 nitrogen and oxygen atoms in total. The number of aromatic nitrogens is 4. The van der Waals surface area contributed by atoms with Crippen molar-refractivity contribution in [3.63, 3.8) is 0 Å². The van der Waals surface area contributed by atoms with Crippen LogP contribution >= 0.6 is 0 Å². The molecule has 1 atom stereocenters. The first-order chi connectivity index (χ1) is 14.5. The highest BCUT2D eigenvalue weighted by molar-refractivity contribution is 6.00. The van der Waals surface area contributed by atoms with Crippen LogP contribution in [0.5, 0.6) is 5.75 Å². The van der Waals surface area contributed by atoms with Crippen LogP contribution in [-0.4, -0.2) is 26.0 Å². The number of hydrogen-bond acceptors (Lipinski definition) is 6. The molecule has 0 radical (unpaired) electrons. The molecule has 1 aromatic heterocycles. The summed E-state index contributed by atoms with van der Waals surface area (Å²) in [7, 11) is 0. The minimum Gasteiger partial charge on any atom is -0.489 e. The average Bonchev–Trinajstić information content (AvgIpc) is 3.19. The number of benzene rings is 2. The molecule has 30 heavy (non-hydrogen) atoms. The summed E-state index contributed by atoms with van der Waals surface area (Å²) in [5.74, 6) is 1.39. The first-order valence-corrected chi connectivity index (χ1v) is 10.1. The summed E-state index contributed by atoms with van der Waals surface area (Å²) in [4.78, 5) is 13.2. The zero-order valence-corrected chi connectivity index (χ0v) is 17.0. The standard InChI is InChI=1S/C23H23N5O2/c1-23(2)12-17-20(18(29)13-23)21(28-22(24-17)25-26-27-28)16-10-6-7-11-19(16)30-14-15-8-4-3-5-9-15/h3-11,21H,12-14H2,1-2H3,(H,24,25,27). The lowest BCUT2D eigenvalue weighted by molar-refractivity contribution is -0.118. The van der Waals surface area contributed by atoms with Crippen molar-refractivity contribution >= 4 is 11.7 Å². The number of hydrogen-bond donors (Lipinski definition) is 1. The molecule has 2 heterocycles. The Kier molecular flexibility index (Phi) is 4.38. The highest BCUT2D eigenvalue weighted by Crippen LogP contribution is 2.46. The van der Waals surface area contributed by atoms with Crippen molar-refractivity contribution in [2.24, 2.45) is 5.41 Å². The molecular formula is C23H23N5O2. The second-order valence-electron chi connectivity index (χ2n) is 8.62. The van der Waals surface area contributed by atoms with Crippen molar-refractivity contribution in [1.82, 2.24) is 20.2 Å². The molecule has 1 unspecified atom stereocenters. The van der Waals surface area contributed by atoms with Gasteiger partial charge in [0, 0.05) is 23.3 Å². The number of fused-ring (bicyclic) bond motifs is 1. The van der Waals surface area contributed by atoms with Crippen LogP contribution in [0.4, 0.5) is 5.95 Å². The number of rotatable bonds is 4. The Balaban J connectivity index is 1.58. The maximum absolute atomic E-state index is 13.2. The quantitative estimate of drug-likeness (QED) is 0.714. The molecule has 0 spiro atoms. The van der Waals surface area contributed by atoms with Gasteiger partial charge in [0.05, 0.1) is 0 Å². The fourth-order valence-electron chi connectivity index (χ4n) is 4.33. The molecule has 5 rings (SSSR count). The van der Waals surface area contributed by atoms with E-state index in [9.17, 15) is 4.79 Å². The van der Waals surface area contributed by atoms with Crippen LogP contribution in [0.25, 0.3) is 0 Å². The van der Waals surface area contributed by atoms with Crippen LogP contribution in [0.2, 0.25) is 0 Å². The Hall–Kier alpha value is -3.48. The normalized spacial score (nSPS) is 19.7. The van der Waals surface area contributed by atoms with Gasteiger partial charge in [0.25, 0.3) is 0 Å². The number of nitrogens with one attached hydrogen (secondary N) is 1. The second kappa shape index (κ2) is 7.09. The topological polar surface area (TPSA) is 81.9 Å². The first-order valence-electron chi connectivity index (χ1n) is 10.1. The van der Waals surface area contributed by atoms with Crippen LogP contribution in [-0.2, 0) is 11.4 Å². The Morgan fingerprint density at radius 3 is 2.70 bits per heavy atom. The van der Waals surface area contributed by atoms with Crippen molar-refractivity contribution in [1.29, 1.82) is 0 Å². The molecule has 0 saturated carbocycles. The second-order valence-corrected chi connectivity index (χ2v) is 8.62. The van der Waals surface area contributed by atoms with Gasteiger partial charge in [-0.25, -0.2) is 0 Å². The van der Waals surface area contributed by atoms with E-state index in [4.69, 9.17) is 4.74 Å². The lowest BCUT2D eigenvalue weighted by Crippen LogP contribution is -2.36. The number of ether oxygens (including phenoxy) is 1. The summed E-state index contributed by atoms with van der Waals surface area (Å²) in [6.07, 6.45) is 1.26. The van der Waals surface area contributed by atoms with Crippen molar-refractivity contribution in [3.8, 4) is 5.75 Å². The van der Waals surface area contributed by atoms with Gasteiger partial charge in [-0.3, -0.25) is 4.79 Å². The van der Waals surface area contributed by atoms with E-state index in [1.165, 1.54) is 0 Å². The van der Waals surface area contributed by atoms with E-state index < -0.39 is 6.04 Å². The fourth-order valence-corrected chi connectivity index (χ4v) is 4.33. The van der Waals surface area contributed by atoms with Gasteiger partial charge in [-0.15, -0.1) is 0 Å². The molecule has 2 aliphatic rings. The first kappa shape index (κ1) is 18.5. The third-order valence-corrected chi connectivity index (χ3v) is 5.64. The third kappa shape index (κ3) is 3.26. The zero-order valence-electron chi connectivity index (χ0n) is 17.0. The van der Waals surface area contributed by atoms with Gasteiger partial charge >= 0.3 is 0 Å². The molecule has 1 aliphatic heterocycles. The molecule has 7 heteroatoms. The van der Waals surface area contributed by atoms with Gasteiger partial charge in [-0.2, -0.15) is 4.68 Å². The largest absolute Gasteiger partial charge is 0.489 e. The van der Waals surface area contributed by atoms with E-state index in [1.54, 1.807) is 4.68 Å². The number of tetrazole rings is 1. The summed E-state index contributed by atoms with van der Waals surface area (Å²) in [6.45, 7) is 4.66. The molecule has 1 N–H and O–H groups in total. The van der Waals surface area contributed by atoms with Crippen molar-refractivity contribution in [3.05, 3.63) is 77.0 Å². The van der Waals surface area contributed by atoms with E-state index in [1.807, 2.05) is 54.6 Å². The number of carbonyl (C=O) groups excluding carboxylic acids is 1. The summed E-state index contributed by atoms with van der Waals surface area (Å²) in [6, 6.07) is 17.4. The zero-order chi connectivity index (χ0) is 20.7. The molecule has 0 amide bonds. The van der Waals surface area contributed by atoms with Crippen LogP contribution in [0, 0.1) is 5.41 Å². The Labute approximate surface area is 174 Å². The predicted molar refractivity (Wildman–Crippen MR) is 112 cm³/mol. The van der Waals surface area contributed by atoms with Gasteiger partial charge in [0.1, 0.15) is 18.4 Å². The highest BCUT2D eigenvalue weighted by Gasteiger charge is 2.42. The van der Waals surface area contributed by atoms with E-state index in [-0.39, 0.29) is 11.2 Å². The Bertz CT molecular complexity index is 1130. The van der Waals surface area contributed by atoms with Crippen LogP contribution < -0.4 is 10.1 Å². The molecule has 1 aliphatic carbocycles. The number of Topliss-reactive ketones (excluding diaryl/α,β-unsaturated/α-hetero) is 1. The number of carbonyl (C=O) groups is 1.